The fraction of sp³-hybridized carbons (Fsp3) is 0.231. The molecule has 3 rings (SSSR count). The number of rotatable bonds is 1. The molecule has 0 unspecified atom stereocenters. The van der Waals surface area contributed by atoms with Crippen LogP contribution in [0.4, 0.5) is 11.5 Å². The molecule has 0 saturated heterocycles. The van der Waals surface area contributed by atoms with Gasteiger partial charge in [0.2, 0.25) is 0 Å². The van der Waals surface area contributed by atoms with Gasteiger partial charge in [-0.15, -0.1) is 0 Å². The molecule has 3 nitrogen and oxygen atoms in total. The molecular formula is C13H12IN3. The van der Waals surface area contributed by atoms with E-state index < -0.39 is 0 Å². The van der Waals surface area contributed by atoms with Gasteiger partial charge >= 0.3 is 0 Å². The first-order valence-electron chi connectivity index (χ1n) is 5.67. The molecule has 1 aromatic heterocycles. The summed E-state index contributed by atoms with van der Waals surface area (Å²) < 4.78 is 1.10. The van der Waals surface area contributed by atoms with Crippen molar-refractivity contribution in [2.45, 2.75) is 12.8 Å². The summed E-state index contributed by atoms with van der Waals surface area (Å²) in [5.41, 5.74) is 2.70. The fourth-order valence-electron chi connectivity index (χ4n) is 2.26. The number of benzene rings is 1. The average molecular weight is 337 g/mol. The maximum atomic E-state index is 4.41. The van der Waals surface area contributed by atoms with E-state index >= 15 is 0 Å². The summed E-state index contributed by atoms with van der Waals surface area (Å²) in [6.07, 6.45) is 5.82. The average Bonchev–Trinajstić information content (AvgIpc) is 2.39. The second-order valence-corrected chi connectivity index (χ2v) is 5.24. The molecule has 17 heavy (non-hydrogen) atoms. The number of nitrogens with zero attached hydrogens (tertiary/aromatic N) is 3. The minimum atomic E-state index is 1.02. The van der Waals surface area contributed by atoms with Crippen molar-refractivity contribution >= 4 is 34.1 Å². The van der Waals surface area contributed by atoms with Crippen LogP contribution in [0, 0.1) is 3.57 Å². The number of anilines is 2. The number of para-hydroxylation sites is 1. The van der Waals surface area contributed by atoms with Gasteiger partial charge in [-0.05, 0) is 47.1 Å². The van der Waals surface area contributed by atoms with E-state index in [0.717, 1.165) is 22.4 Å². The van der Waals surface area contributed by atoms with Gasteiger partial charge in [-0.25, -0.2) is 9.97 Å². The lowest BCUT2D eigenvalue weighted by atomic mass is 10.0. The van der Waals surface area contributed by atoms with Gasteiger partial charge in [0, 0.05) is 18.4 Å². The molecule has 1 aromatic carbocycles. The third-order valence-electron chi connectivity index (χ3n) is 3.01. The zero-order chi connectivity index (χ0) is 11.7. The molecular weight excluding hydrogens is 325 g/mol. The van der Waals surface area contributed by atoms with Gasteiger partial charge in [-0.1, -0.05) is 18.2 Å². The lowest BCUT2D eigenvalue weighted by Gasteiger charge is -2.30. The van der Waals surface area contributed by atoms with E-state index in [1.54, 1.807) is 6.33 Å². The lowest BCUT2D eigenvalue weighted by Crippen LogP contribution is -2.26. The molecule has 0 aliphatic carbocycles. The minimum absolute atomic E-state index is 1.02. The Morgan fingerprint density at radius 1 is 1.24 bits per heavy atom. The van der Waals surface area contributed by atoms with E-state index in [4.69, 9.17) is 0 Å². The van der Waals surface area contributed by atoms with Crippen LogP contribution < -0.4 is 4.90 Å². The monoisotopic (exact) mass is 337 g/mol. The number of hydrogen-bond acceptors (Lipinski definition) is 3. The van der Waals surface area contributed by atoms with Crippen LogP contribution in [0.25, 0.3) is 0 Å². The predicted octanol–water partition coefficient (Wildman–Crippen LogP) is 3.17. The Balaban J connectivity index is 2.09. The van der Waals surface area contributed by atoms with E-state index in [0.29, 0.717) is 0 Å². The molecule has 4 heteroatoms. The Hall–Kier alpha value is -1.17. The third kappa shape index (κ3) is 2.01. The van der Waals surface area contributed by atoms with Crippen LogP contribution in [0.15, 0.2) is 36.8 Å². The molecule has 0 fully saturated rings. The highest BCUT2D eigenvalue weighted by Crippen LogP contribution is 2.33. The van der Waals surface area contributed by atoms with E-state index in [-0.39, 0.29) is 0 Å². The van der Waals surface area contributed by atoms with Crippen molar-refractivity contribution in [3.05, 3.63) is 45.9 Å². The molecule has 2 heterocycles. The van der Waals surface area contributed by atoms with Crippen molar-refractivity contribution in [2.24, 2.45) is 0 Å². The van der Waals surface area contributed by atoms with Gasteiger partial charge < -0.3 is 4.90 Å². The van der Waals surface area contributed by atoms with E-state index in [2.05, 4.69) is 61.7 Å². The Bertz CT molecular complexity index is 542. The zero-order valence-corrected chi connectivity index (χ0v) is 11.5. The van der Waals surface area contributed by atoms with E-state index in [9.17, 15) is 0 Å². The highest BCUT2D eigenvalue weighted by atomic mass is 127. The number of aromatic nitrogens is 2. The molecule has 0 bridgehead atoms. The Labute approximate surface area is 114 Å². The normalized spacial score (nSPS) is 14.5. The highest BCUT2D eigenvalue weighted by molar-refractivity contribution is 14.1. The molecule has 1 aliphatic heterocycles. The third-order valence-corrected chi connectivity index (χ3v) is 3.78. The summed E-state index contributed by atoms with van der Waals surface area (Å²) in [5.74, 6) is 1.02. The first kappa shape index (κ1) is 11.0. The van der Waals surface area contributed by atoms with Crippen LogP contribution in [0.2, 0.25) is 0 Å². The molecule has 0 amide bonds. The van der Waals surface area contributed by atoms with Crippen LogP contribution in [0.3, 0.4) is 0 Å². The zero-order valence-electron chi connectivity index (χ0n) is 9.31. The van der Waals surface area contributed by atoms with Crippen molar-refractivity contribution in [2.75, 3.05) is 11.4 Å². The largest absolute Gasteiger partial charge is 0.325 e. The summed E-state index contributed by atoms with van der Waals surface area (Å²) in [4.78, 5) is 10.8. The summed E-state index contributed by atoms with van der Waals surface area (Å²) in [5, 5.41) is 0. The molecule has 2 aromatic rings. The highest BCUT2D eigenvalue weighted by Gasteiger charge is 2.20. The Kier molecular flexibility index (Phi) is 2.96. The molecule has 86 valence electrons. The van der Waals surface area contributed by atoms with E-state index in [1.807, 2.05) is 6.20 Å². The maximum absolute atomic E-state index is 4.41. The van der Waals surface area contributed by atoms with Gasteiger partial charge in [0.05, 0.1) is 3.57 Å². The summed E-state index contributed by atoms with van der Waals surface area (Å²) >= 11 is 2.29. The van der Waals surface area contributed by atoms with Gasteiger partial charge in [0.15, 0.2) is 0 Å². The second-order valence-electron chi connectivity index (χ2n) is 4.08. The van der Waals surface area contributed by atoms with Gasteiger partial charge in [-0.2, -0.15) is 0 Å². The number of halogens is 1. The van der Waals surface area contributed by atoms with Crippen LogP contribution in [-0.2, 0) is 6.42 Å². The lowest BCUT2D eigenvalue weighted by molar-refractivity contribution is 0.757. The van der Waals surface area contributed by atoms with Gasteiger partial charge in [-0.3, -0.25) is 0 Å². The number of fused-ring (bicyclic) bond motifs is 1. The first-order valence-corrected chi connectivity index (χ1v) is 6.75. The number of hydrogen-bond donors (Lipinski definition) is 0. The van der Waals surface area contributed by atoms with Crippen LogP contribution >= 0.6 is 22.6 Å². The maximum Gasteiger partial charge on any atom is 0.149 e. The molecule has 0 atom stereocenters. The van der Waals surface area contributed by atoms with Crippen LogP contribution in [0.5, 0.6) is 0 Å². The summed E-state index contributed by atoms with van der Waals surface area (Å²) in [6, 6.07) is 8.57. The Morgan fingerprint density at radius 2 is 2.12 bits per heavy atom. The molecule has 0 N–H and O–H groups in total. The molecule has 1 aliphatic rings. The fourth-order valence-corrected chi connectivity index (χ4v) is 2.85. The second kappa shape index (κ2) is 4.60. The number of aryl methyl sites for hydroxylation is 1. The van der Waals surface area contributed by atoms with Crippen molar-refractivity contribution < 1.29 is 0 Å². The predicted molar refractivity (Wildman–Crippen MR) is 76.5 cm³/mol. The standard InChI is InChI=1S/C13H12IN3/c14-11-8-15-9-16-13(11)17-7-3-5-10-4-1-2-6-12(10)17/h1-2,4,6,8-9H,3,5,7H2. The van der Waals surface area contributed by atoms with E-state index in [1.165, 1.54) is 17.7 Å². The van der Waals surface area contributed by atoms with Crippen LogP contribution in [0.1, 0.15) is 12.0 Å². The summed E-state index contributed by atoms with van der Waals surface area (Å²) in [6.45, 7) is 1.03. The topological polar surface area (TPSA) is 29.0 Å². The SMILES string of the molecule is Ic1cncnc1N1CCCc2ccccc21. The smallest absolute Gasteiger partial charge is 0.149 e. The van der Waals surface area contributed by atoms with Gasteiger partial charge in [0.1, 0.15) is 12.1 Å². The van der Waals surface area contributed by atoms with Crippen molar-refractivity contribution in [3.63, 3.8) is 0 Å². The molecule has 0 radical (unpaired) electrons. The van der Waals surface area contributed by atoms with Crippen molar-refractivity contribution in [1.82, 2.24) is 9.97 Å². The first-order chi connectivity index (χ1) is 8.36. The Morgan fingerprint density at radius 3 is 3.00 bits per heavy atom. The van der Waals surface area contributed by atoms with Gasteiger partial charge in [0.25, 0.3) is 0 Å². The summed E-state index contributed by atoms with van der Waals surface area (Å²) in [7, 11) is 0. The quantitative estimate of drug-likeness (QED) is 0.749. The minimum Gasteiger partial charge on any atom is -0.325 e. The van der Waals surface area contributed by atoms with Crippen molar-refractivity contribution in [1.29, 1.82) is 0 Å². The van der Waals surface area contributed by atoms with Crippen LogP contribution in [-0.4, -0.2) is 16.5 Å². The molecule has 0 spiro atoms. The molecule has 0 saturated carbocycles. The van der Waals surface area contributed by atoms with Crippen molar-refractivity contribution in [3.8, 4) is 0 Å².